The van der Waals surface area contributed by atoms with Crippen LogP contribution in [0.2, 0.25) is 5.02 Å². The van der Waals surface area contributed by atoms with Crippen molar-refractivity contribution in [3.8, 4) is 5.75 Å². The Morgan fingerprint density at radius 2 is 2.23 bits per heavy atom. The first-order valence-corrected chi connectivity index (χ1v) is 8.48. The molecular weight excluding hydrogens is 379 g/mol. The third kappa shape index (κ3) is 2.62. The molecule has 1 unspecified atom stereocenters. The van der Waals surface area contributed by atoms with Gasteiger partial charge in [-0.25, -0.2) is 14.1 Å². The molecule has 3 heterocycles. The monoisotopic (exact) mass is 392 g/mol. The summed E-state index contributed by atoms with van der Waals surface area (Å²) in [6.07, 6.45) is 3.73. The summed E-state index contributed by atoms with van der Waals surface area (Å²) in [7, 11) is 3.30. The molecule has 2 aromatic heterocycles. The lowest BCUT2D eigenvalue weighted by atomic mass is 10.2. The van der Waals surface area contributed by atoms with Gasteiger partial charge in [-0.1, -0.05) is 11.6 Å². The molecule has 134 valence electrons. The summed E-state index contributed by atoms with van der Waals surface area (Å²) in [4.78, 5) is 21.2. The van der Waals surface area contributed by atoms with Gasteiger partial charge in [0.2, 0.25) is 5.91 Å². The molecule has 1 N–H and O–H groups in total. The smallest absolute Gasteiger partial charge is 0.250 e. The van der Waals surface area contributed by atoms with Crippen molar-refractivity contribution in [3.05, 3.63) is 23.4 Å². The van der Waals surface area contributed by atoms with E-state index in [0.717, 1.165) is 0 Å². The second-order valence-corrected chi connectivity index (χ2v) is 6.57. The number of hydrazone groups is 1. The minimum absolute atomic E-state index is 0.212. The summed E-state index contributed by atoms with van der Waals surface area (Å²) in [5.41, 5.74) is 1.54. The zero-order valence-electron chi connectivity index (χ0n) is 13.9. The summed E-state index contributed by atoms with van der Waals surface area (Å²) in [6.45, 7) is 0. The van der Waals surface area contributed by atoms with Crippen LogP contribution in [0.25, 0.3) is 22.1 Å². The molecule has 1 amide bonds. The van der Waals surface area contributed by atoms with E-state index in [4.69, 9.17) is 28.1 Å². The fourth-order valence-electron chi connectivity index (χ4n) is 2.94. The number of amides is 1. The van der Waals surface area contributed by atoms with Crippen LogP contribution in [0, 0.1) is 0 Å². The first kappa shape index (κ1) is 16.9. The SMILES string of the molecule is COc1cc(Cl)c2c(c1)c1ncc(NC(=O)C3CC=NN3C)nc1n2Cl. The number of halogens is 2. The maximum atomic E-state index is 12.4. The van der Waals surface area contributed by atoms with Gasteiger partial charge < -0.3 is 10.1 Å². The Morgan fingerprint density at radius 3 is 2.92 bits per heavy atom. The van der Waals surface area contributed by atoms with Crippen molar-refractivity contribution in [2.24, 2.45) is 5.10 Å². The van der Waals surface area contributed by atoms with Crippen LogP contribution >= 0.6 is 23.4 Å². The van der Waals surface area contributed by atoms with E-state index in [1.165, 1.54) is 10.3 Å². The number of hydrogen-bond acceptors (Lipinski definition) is 6. The number of carbonyl (C=O) groups excluding carboxylic acids is 1. The molecule has 26 heavy (non-hydrogen) atoms. The van der Waals surface area contributed by atoms with E-state index < -0.39 is 0 Å². The molecule has 10 heteroatoms. The van der Waals surface area contributed by atoms with Crippen molar-refractivity contribution in [2.75, 3.05) is 19.5 Å². The largest absolute Gasteiger partial charge is 0.497 e. The first-order valence-electron chi connectivity index (χ1n) is 7.76. The highest BCUT2D eigenvalue weighted by molar-refractivity contribution is 6.38. The number of methoxy groups -OCH3 is 1. The Labute approximate surface area is 158 Å². The second-order valence-electron chi connectivity index (χ2n) is 5.83. The van der Waals surface area contributed by atoms with Crippen LogP contribution in [0.1, 0.15) is 6.42 Å². The van der Waals surface area contributed by atoms with Gasteiger partial charge in [-0.2, -0.15) is 5.10 Å². The molecule has 0 saturated heterocycles. The van der Waals surface area contributed by atoms with Gasteiger partial charge in [-0.05, 0) is 6.07 Å². The van der Waals surface area contributed by atoms with Gasteiger partial charge in [0.25, 0.3) is 0 Å². The van der Waals surface area contributed by atoms with Crippen molar-refractivity contribution in [2.45, 2.75) is 12.5 Å². The average Bonchev–Trinajstić information content (AvgIpc) is 3.17. The van der Waals surface area contributed by atoms with Crippen molar-refractivity contribution in [1.82, 2.24) is 19.1 Å². The number of nitrogens with one attached hydrogen (secondary N) is 1. The maximum Gasteiger partial charge on any atom is 0.250 e. The Morgan fingerprint density at radius 1 is 1.42 bits per heavy atom. The molecular formula is C16H14Cl2N6O2. The minimum Gasteiger partial charge on any atom is -0.497 e. The zero-order valence-corrected chi connectivity index (χ0v) is 15.4. The van der Waals surface area contributed by atoms with E-state index in [2.05, 4.69) is 20.4 Å². The minimum atomic E-state index is -0.368. The van der Waals surface area contributed by atoms with E-state index in [9.17, 15) is 4.79 Å². The molecule has 0 fully saturated rings. The van der Waals surface area contributed by atoms with Gasteiger partial charge in [0.05, 0.1) is 23.8 Å². The van der Waals surface area contributed by atoms with Crippen LogP contribution < -0.4 is 10.1 Å². The number of hydrogen-bond donors (Lipinski definition) is 1. The number of ether oxygens (including phenoxy) is 1. The number of likely N-dealkylation sites (N-methyl/N-ethyl adjacent to an activating group) is 1. The third-order valence-corrected chi connectivity index (χ3v) is 4.88. The van der Waals surface area contributed by atoms with Crippen molar-refractivity contribution >= 4 is 63.4 Å². The normalized spacial score (nSPS) is 16.6. The lowest BCUT2D eigenvalue weighted by molar-refractivity contribution is -0.120. The van der Waals surface area contributed by atoms with Crippen LogP contribution in [-0.4, -0.2) is 51.4 Å². The fourth-order valence-corrected chi connectivity index (χ4v) is 3.58. The van der Waals surface area contributed by atoms with E-state index >= 15 is 0 Å². The number of nitrogens with zero attached hydrogens (tertiary/aromatic N) is 5. The van der Waals surface area contributed by atoms with E-state index in [1.54, 1.807) is 37.5 Å². The number of benzene rings is 1. The standard InChI is InChI=1S/C16H14Cl2N6O2/c1-23-11(3-4-20-23)16(25)22-12-7-19-13-9-5-8(26-2)6-10(17)14(9)24(18)15(13)21-12/h4-7,11H,3H2,1-2H3,(H,21,22,25). The number of carbonyl (C=O) groups is 1. The Kier molecular flexibility index (Phi) is 4.08. The highest BCUT2D eigenvalue weighted by atomic mass is 35.5. The summed E-state index contributed by atoms with van der Waals surface area (Å²) in [5, 5.41) is 9.55. The molecule has 3 aromatic rings. The van der Waals surface area contributed by atoms with Crippen molar-refractivity contribution in [3.63, 3.8) is 0 Å². The van der Waals surface area contributed by atoms with Gasteiger partial charge in [0, 0.05) is 42.9 Å². The van der Waals surface area contributed by atoms with Gasteiger partial charge >= 0.3 is 0 Å². The van der Waals surface area contributed by atoms with Gasteiger partial charge in [0.1, 0.15) is 17.3 Å². The number of aromatic nitrogens is 3. The molecule has 0 radical (unpaired) electrons. The second kappa shape index (κ2) is 6.30. The summed E-state index contributed by atoms with van der Waals surface area (Å²) in [6, 6.07) is 3.09. The molecule has 0 aliphatic carbocycles. The highest BCUT2D eigenvalue weighted by Gasteiger charge is 2.26. The van der Waals surface area contributed by atoms with E-state index in [0.29, 0.717) is 45.1 Å². The van der Waals surface area contributed by atoms with Crippen LogP contribution in [-0.2, 0) is 4.79 Å². The molecule has 0 spiro atoms. The maximum absolute atomic E-state index is 12.4. The highest BCUT2D eigenvalue weighted by Crippen LogP contribution is 2.36. The lowest BCUT2D eigenvalue weighted by Crippen LogP contribution is -2.36. The van der Waals surface area contributed by atoms with Gasteiger partial charge in [-0.15, -0.1) is 0 Å². The Hall–Kier alpha value is -2.58. The Balaban J connectivity index is 1.75. The molecule has 1 aromatic carbocycles. The topological polar surface area (TPSA) is 84.6 Å². The predicted octanol–water partition coefficient (Wildman–Crippen LogP) is 2.88. The van der Waals surface area contributed by atoms with Crippen LogP contribution in [0.15, 0.2) is 23.4 Å². The molecule has 4 rings (SSSR count). The van der Waals surface area contributed by atoms with E-state index in [1.807, 2.05) is 0 Å². The third-order valence-electron chi connectivity index (χ3n) is 4.26. The van der Waals surface area contributed by atoms with Gasteiger partial charge in [0.15, 0.2) is 11.5 Å². The van der Waals surface area contributed by atoms with E-state index in [-0.39, 0.29) is 11.9 Å². The molecule has 0 saturated carbocycles. The van der Waals surface area contributed by atoms with Crippen LogP contribution in [0.3, 0.4) is 0 Å². The quantitative estimate of drug-likeness (QED) is 0.740. The lowest BCUT2D eigenvalue weighted by Gasteiger charge is -2.17. The van der Waals surface area contributed by atoms with Gasteiger partial charge in [-0.3, -0.25) is 9.80 Å². The molecule has 1 atom stereocenters. The molecule has 1 aliphatic rings. The number of fused-ring (bicyclic) bond motifs is 3. The van der Waals surface area contributed by atoms with Crippen LogP contribution in [0.4, 0.5) is 5.82 Å². The molecule has 8 nitrogen and oxygen atoms in total. The van der Waals surface area contributed by atoms with Crippen molar-refractivity contribution < 1.29 is 9.53 Å². The number of rotatable bonds is 3. The predicted molar refractivity (Wildman–Crippen MR) is 101 cm³/mol. The zero-order chi connectivity index (χ0) is 18.4. The van der Waals surface area contributed by atoms with Crippen molar-refractivity contribution in [1.29, 1.82) is 0 Å². The number of anilines is 1. The first-order chi connectivity index (χ1) is 12.5. The molecule has 1 aliphatic heterocycles. The molecule has 0 bridgehead atoms. The summed E-state index contributed by atoms with van der Waals surface area (Å²) in [5.74, 6) is 0.682. The summed E-state index contributed by atoms with van der Waals surface area (Å²) >= 11 is 12.7. The average molecular weight is 393 g/mol. The fraction of sp³-hybridized carbons (Fsp3) is 0.250. The Bertz CT molecular complexity index is 1060. The summed E-state index contributed by atoms with van der Waals surface area (Å²) < 4.78 is 6.58. The van der Waals surface area contributed by atoms with Crippen LogP contribution in [0.5, 0.6) is 5.75 Å².